The van der Waals surface area contributed by atoms with Crippen molar-refractivity contribution in [2.24, 2.45) is 0 Å². The Bertz CT molecular complexity index is 641. The number of rotatable bonds is 3. The molecule has 3 N–H and O–H groups in total. The maximum atomic E-state index is 13.6. The summed E-state index contributed by atoms with van der Waals surface area (Å²) >= 11 is 5.86. The van der Waals surface area contributed by atoms with Gasteiger partial charge in [0.2, 0.25) is 0 Å². The number of benzene rings is 2. The Balaban J connectivity index is 2.35. The highest BCUT2D eigenvalue weighted by Crippen LogP contribution is 2.27. The molecule has 2 aromatic carbocycles. The van der Waals surface area contributed by atoms with Crippen molar-refractivity contribution in [1.82, 2.24) is 0 Å². The van der Waals surface area contributed by atoms with Crippen LogP contribution in [0, 0.1) is 5.82 Å². The van der Waals surface area contributed by atoms with Gasteiger partial charge in [0.15, 0.2) is 0 Å². The predicted octanol–water partition coefficient (Wildman–Crippen LogP) is 3.32. The van der Waals surface area contributed by atoms with Crippen LogP contribution >= 0.6 is 11.6 Å². The summed E-state index contributed by atoms with van der Waals surface area (Å²) in [6, 6.07) is 8.76. The molecule has 0 heterocycles. The van der Waals surface area contributed by atoms with Crippen molar-refractivity contribution in [3.05, 3.63) is 52.8 Å². The van der Waals surface area contributed by atoms with Crippen molar-refractivity contribution in [3.63, 3.8) is 0 Å². The molecule has 0 radical (unpaired) electrons. The van der Waals surface area contributed by atoms with Crippen molar-refractivity contribution in [2.45, 2.75) is 0 Å². The third-order valence-electron chi connectivity index (χ3n) is 2.67. The smallest absolute Gasteiger partial charge is 0.259 e. The fourth-order valence-electron chi connectivity index (χ4n) is 1.70. The molecule has 0 saturated heterocycles. The number of hydrogen-bond donors (Lipinski definition) is 2. The summed E-state index contributed by atoms with van der Waals surface area (Å²) in [6.07, 6.45) is 0. The number of carbonyl (C=O) groups is 1. The van der Waals surface area contributed by atoms with Gasteiger partial charge >= 0.3 is 0 Å². The summed E-state index contributed by atoms with van der Waals surface area (Å²) < 4.78 is 18.7. The number of carbonyl (C=O) groups excluding carboxylic acids is 1. The van der Waals surface area contributed by atoms with Gasteiger partial charge in [0.25, 0.3) is 5.91 Å². The fourth-order valence-corrected chi connectivity index (χ4v) is 1.91. The first-order chi connectivity index (χ1) is 9.52. The van der Waals surface area contributed by atoms with Crippen molar-refractivity contribution in [1.29, 1.82) is 0 Å². The molecule has 2 rings (SSSR count). The number of para-hydroxylation sites is 1. The molecule has 0 atom stereocenters. The molecule has 6 heteroatoms. The number of amides is 1. The van der Waals surface area contributed by atoms with Crippen LogP contribution in [-0.4, -0.2) is 13.0 Å². The van der Waals surface area contributed by atoms with E-state index in [2.05, 4.69) is 5.32 Å². The van der Waals surface area contributed by atoms with Crippen LogP contribution in [0.15, 0.2) is 36.4 Å². The van der Waals surface area contributed by atoms with Gasteiger partial charge in [-0.2, -0.15) is 0 Å². The quantitative estimate of drug-likeness (QED) is 0.854. The van der Waals surface area contributed by atoms with Crippen molar-refractivity contribution in [3.8, 4) is 5.75 Å². The molecule has 1 amide bonds. The third-order valence-corrected chi connectivity index (χ3v) is 2.98. The first-order valence-electron chi connectivity index (χ1n) is 5.72. The van der Waals surface area contributed by atoms with E-state index in [0.29, 0.717) is 11.4 Å². The summed E-state index contributed by atoms with van der Waals surface area (Å²) in [4.78, 5) is 12.2. The molecule has 0 bridgehead atoms. The number of nitrogens with one attached hydrogen (secondary N) is 1. The molecule has 0 aromatic heterocycles. The molecule has 104 valence electrons. The fraction of sp³-hybridized carbons (Fsp3) is 0.0714. The molecule has 4 nitrogen and oxygen atoms in total. The number of nitrogens with two attached hydrogens (primary N) is 1. The highest BCUT2D eigenvalue weighted by Gasteiger charge is 2.16. The van der Waals surface area contributed by atoms with Gasteiger partial charge in [-0.25, -0.2) is 4.39 Å². The Labute approximate surface area is 120 Å². The summed E-state index contributed by atoms with van der Waals surface area (Å²) in [5.41, 5.74) is 6.16. The minimum absolute atomic E-state index is 0.0800. The SMILES string of the molecule is COc1ccc(N)cc1C(=O)Nc1c(F)cccc1Cl. The van der Waals surface area contributed by atoms with Gasteiger partial charge in [0.05, 0.1) is 23.4 Å². The van der Waals surface area contributed by atoms with Gasteiger partial charge in [-0.15, -0.1) is 0 Å². The lowest BCUT2D eigenvalue weighted by Crippen LogP contribution is -2.15. The van der Waals surface area contributed by atoms with Gasteiger partial charge in [-0.3, -0.25) is 4.79 Å². The second-order valence-electron chi connectivity index (χ2n) is 4.01. The molecule has 0 fully saturated rings. The van der Waals surface area contributed by atoms with E-state index in [0.717, 1.165) is 0 Å². The zero-order chi connectivity index (χ0) is 14.7. The molecule has 0 aliphatic heterocycles. The second kappa shape index (κ2) is 5.79. The number of hydrogen-bond acceptors (Lipinski definition) is 3. The number of nitrogen functional groups attached to an aromatic ring is 1. The Morgan fingerprint density at radius 1 is 1.35 bits per heavy atom. The van der Waals surface area contributed by atoms with E-state index in [1.807, 2.05) is 0 Å². The van der Waals surface area contributed by atoms with Crippen LogP contribution in [0.4, 0.5) is 15.8 Å². The average molecular weight is 295 g/mol. The van der Waals surface area contributed by atoms with Crippen LogP contribution in [0.2, 0.25) is 5.02 Å². The Morgan fingerprint density at radius 2 is 2.10 bits per heavy atom. The molecule has 2 aromatic rings. The van der Waals surface area contributed by atoms with Crippen LogP contribution < -0.4 is 15.8 Å². The molecule has 0 saturated carbocycles. The third kappa shape index (κ3) is 2.83. The van der Waals surface area contributed by atoms with Crippen LogP contribution in [0.3, 0.4) is 0 Å². The molecule has 0 aliphatic carbocycles. The lowest BCUT2D eigenvalue weighted by atomic mass is 10.1. The topological polar surface area (TPSA) is 64.3 Å². The van der Waals surface area contributed by atoms with Gasteiger partial charge in [-0.1, -0.05) is 17.7 Å². The summed E-state index contributed by atoms with van der Waals surface area (Å²) in [5.74, 6) is -0.834. The van der Waals surface area contributed by atoms with E-state index in [9.17, 15) is 9.18 Å². The van der Waals surface area contributed by atoms with Crippen molar-refractivity contribution < 1.29 is 13.9 Å². The second-order valence-corrected chi connectivity index (χ2v) is 4.42. The number of halogens is 2. The number of ether oxygens (including phenoxy) is 1. The standard InChI is InChI=1S/C14H12ClFN2O2/c1-20-12-6-5-8(17)7-9(12)14(19)18-13-10(15)3-2-4-11(13)16/h2-7H,17H2,1H3,(H,18,19). The van der Waals surface area contributed by atoms with E-state index in [1.54, 1.807) is 12.1 Å². The summed E-state index contributed by atoms with van der Waals surface area (Å²) in [5, 5.41) is 2.53. The zero-order valence-corrected chi connectivity index (χ0v) is 11.4. The van der Waals surface area contributed by atoms with E-state index in [4.69, 9.17) is 22.1 Å². The average Bonchev–Trinajstić information content (AvgIpc) is 2.43. The lowest BCUT2D eigenvalue weighted by Gasteiger charge is -2.11. The molecule has 0 unspecified atom stereocenters. The molecule has 0 aliphatic rings. The van der Waals surface area contributed by atoms with E-state index in [-0.39, 0.29) is 16.3 Å². The zero-order valence-electron chi connectivity index (χ0n) is 10.6. The van der Waals surface area contributed by atoms with Gasteiger partial charge in [0, 0.05) is 5.69 Å². The molecular weight excluding hydrogens is 283 g/mol. The lowest BCUT2D eigenvalue weighted by molar-refractivity contribution is 0.102. The normalized spacial score (nSPS) is 10.2. The Morgan fingerprint density at radius 3 is 2.75 bits per heavy atom. The number of anilines is 2. The van der Waals surface area contributed by atoms with Crippen molar-refractivity contribution in [2.75, 3.05) is 18.2 Å². The number of methoxy groups -OCH3 is 1. The van der Waals surface area contributed by atoms with Gasteiger partial charge in [-0.05, 0) is 30.3 Å². The Hall–Kier alpha value is -2.27. The maximum absolute atomic E-state index is 13.6. The van der Waals surface area contributed by atoms with Crippen LogP contribution in [0.1, 0.15) is 10.4 Å². The monoisotopic (exact) mass is 294 g/mol. The van der Waals surface area contributed by atoms with E-state index >= 15 is 0 Å². The van der Waals surface area contributed by atoms with E-state index in [1.165, 1.54) is 31.4 Å². The molecule has 20 heavy (non-hydrogen) atoms. The highest BCUT2D eigenvalue weighted by atomic mass is 35.5. The van der Waals surface area contributed by atoms with Gasteiger partial charge in [0.1, 0.15) is 11.6 Å². The van der Waals surface area contributed by atoms with Crippen LogP contribution in [0.25, 0.3) is 0 Å². The van der Waals surface area contributed by atoms with Crippen LogP contribution in [-0.2, 0) is 0 Å². The minimum Gasteiger partial charge on any atom is -0.496 e. The largest absolute Gasteiger partial charge is 0.496 e. The van der Waals surface area contributed by atoms with E-state index < -0.39 is 11.7 Å². The van der Waals surface area contributed by atoms with Crippen LogP contribution in [0.5, 0.6) is 5.75 Å². The summed E-state index contributed by atoms with van der Waals surface area (Å²) in [7, 11) is 1.43. The maximum Gasteiger partial charge on any atom is 0.259 e. The molecule has 0 spiro atoms. The van der Waals surface area contributed by atoms with Gasteiger partial charge < -0.3 is 15.8 Å². The predicted molar refractivity (Wildman–Crippen MR) is 76.8 cm³/mol. The Kier molecular flexibility index (Phi) is 4.10. The first-order valence-corrected chi connectivity index (χ1v) is 6.09. The minimum atomic E-state index is -0.617. The highest BCUT2D eigenvalue weighted by molar-refractivity contribution is 6.34. The summed E-state index contributed by atoms with van der Waals surface area (Å²) in [6.45, 7) is 0. The first kappa shape index (κ1) is 14.1. The van der Waals surface area contributed by atoms with Crippen molar-refractivity contribution >= 4 is 28.9 Å². The molecular formula is C14H12ClFN2O2.